The maximum absolute atomic E-state index is 13.2. The molecule has 1 fully saturated rings. The summed E-state index contributed by atoms with van der Waals surface area (Å²) in [7, 11) is 0. The van der Waals surface area contributed by atoms with E-state index in [4.69, 9.17) is 5.73 Å². The van der Waals surface area contributed by atoms with Crippen LogP contribution in [0.25, 0.3) is 0 Å². The molecule has 0 amide bonds. The number of nitrogen functional groups attached to an aromatic ring is 1. The molecule has 0 aromatic heterocycles. The van der Waals surface area contributed by atoms with Gasteiger partial charge in [-0.15, -0.1) is 10.2 Å². The normalized spacial score (nSPS) is 25.0. The number of piperidine rings is 1. The largest absolute Gasteiger partial charge is 0.439 e. The summed E-state index contributed by atoms with van der Waals surface area (Å²) in [5.41, 5.74) is 5.06. The Labute approximate surface area is 120 Å². The van der Waals surface area contributed by atoms with Crippen molar-refractivity contribution < 1.29 is 13.2 Å². The van der Waals surface area contributed by atoms with Gasteiger partial charge in [0, 0.05) is 12.2 Å². The van der Waals surface area contributed by atoms with E-state index in [9.17, 15) is 13.2 Å². The summed E-state index contributed by atoms with van der Waals surface area (Å²) in [5, 5.41) is 6.74. The highest BCUT2D eigenvalue weighted by atomic mass is 19.4. The van der Waals surface area contributed by atoms with E-state index in [2.05, 4.69) is 10.2 Å². The van der Waals surface area contributed by atoms with Crippen molar-refractivity contribution in [2.75, 3.05) is 12.3 Å². The molecular weight excluding hydrogens is 281 g/mol. The lowest BCUT2D eigenvalue weighted by atomic mass is 9.92. The predicted molar refractivity (Wildman–Crippen MR) is 72.5 cm³/mol. The fourth-order valence-corrected chi connectivity index (χ4v) is 3.05. The van der Waals surface area contributed by atoms with Crippen molar-refractivity contribution in [3.05, 3.63) is 29.8 Å². The van der Waals surface area contributed by atoms with Crippen LogP contribution in [-0.4, -0.2) is 29.3 Å². The molecule has 1 aromatic rings. The van der Waals surface area contributed by atoms with Crippen molar-refractivity contribution in [1.29, 1.82) is 0 Å². The van der Waals surface area contributed by atoms with E-state index in [0.29, 0.717) is 25.2 Å². The fraction of sp³-hybridized carbons (Fsp3) is 0.571. The van der Waals surface area contributed by atoms with E-state index in [1.54, 1.807) is 12.1 Å². The summed E-state index contributed by atoms with van der Waals surface area (Å²) in [6.07, 6.45) is -2.27. The molecule has 114 valence electrons. The molecular formula is C14H17F3N4. The average Bonchev–Trinajstić information content (AvgIpc) is 3.20. The lowest BCUT2D eigenvalue weighted by Gasteiger charge is -2.38. The highest BCUT2D eigenvalue weighted by Crippen LogP contribution is 2.50. The minimum atomic E-state index is -4.41. The summed E-state index contributed by atoms with van der Waals surface area (Å²) >= 11 is 0. The Morgan fingerprint density at radius 2 is 2.05 bits per heavy atom. The first-order valence-electron chi connectivity index (χ1n) is 7.02. The third-order valence-electron chi connectivity index (χ3n) is 4.15. The van der Waals surface area contributed by atoms with Gasteiger partial charge in [0.05, 0.1) is 6.04 Å². The summed E-state index contributed by atoms with van der Waals surface area (Å²) in [5.74, 6) is 0. The van der Waals surface area contributed by atoms with Gasteiger partial charge in [-0.05, 0) is 37.1 Å². The Bertz CT molecular complexity index is 549. The van der Waals surface area contributed by atoms with Crippen molar-refractivity contribution in [2.24, 2.45) is 10.2 Å². The van der Waals surface area contributed by atoms with Crippen LogP contribution < -0.4 is 5.73 Å². The van der Waals surface area contributed by atoms with Crippen LogP contribution in [0.4, 0.5) is 18.9 Å². The van der Waals surface area contributed by atoms with Crippen LogP contribution in [0.3, 0.4) is 0 Å². The second-order valence-electron chi connectivity index (χ2n) is 5.65. The molecule has 1 unspecified atom stereocenters. The number of likely N-dealkylation sites (tertiary alicyclic amines) is 1. The maximum atomic E-state index is 13.2. The zero-order chi connectivity index (χ0) is 15.1. The number of halogens is 3. The number of anilines is 1. The van der Waals surface area contributed by atoms with E-state index in [0.717, 1.165) is 18.4 Å². The monoisotopic (exact) mass is 298 g/mol. The number of hydrogen-bond donors (Lipinski definition) is 1. The first-order valence-corrected chi connectivity index (χ1v) is 7.02. The molecule has 2 aliphatic heterocycles. The van der Waals surface area contributed by atoms with Crippen molar-refractivity contribution in [1.82, 2.24) is 4.90 Å². The third kappa shape index (κ3) is 2.62. The van der Waals surface area contributed by atoms with E-state index >= 15 is 0 Å². The highest BCUT2D eigenvalue weighted by Gasteiger charge is 2.69. The number of nitrogens with zero attached hydrogens (tertiary/aromatic N) is 3. The van der Waals surface area contributed by atoms with Gasteiger partial charge in [-0.2, -0.15) is 13.2 Å². The van der Waals surface area contributed by atoms with Gasteiger partial charge in [-0.3, -0.25) is 4.90 Å². The van der Waals surface area contributed by atoms with E-state index in [1.807, 2.05) is 17.0 Å². The molecule has 0 saturated carbocycles. The summed E-state index contributed by atoms with van der Waals surface area (Å²) in [4.78, 5) is 1.84. The van der Waals surface area contributed by atoms with Crippen LogP contribution in [0.1, 0.15) is 24.8 Å². The molecule has 2 aliphatic rings. The van der Waals surface area contributed by atoms with Gasteiger partial charge in [-0.25, -0.2) is 0 Å². The minimum Gasteiger partial charge on any atom is -0.399 e. The quantitative estimate of drug-likeness (QED) is 0.870. The Hall–Kier alpha value is -1.63. The molecule has 0 radical (unpaired) electrons. The number of benzene rings is 1. The lowest BCUT2D eigenvalue weighted by Crippen LogP contribution is -2.54. The summed E-state index contributed by atoms with van der Waals surface area (Å²) < 4.78 is 39.7. The first-order chi connectivity index (χ1) is 9.92. The van der Waals surface area contributed by atoms with Crippen LogP contribution >= 0.6 is 0 Å². The molecule has 0 spiro atoms. The molecule has 2 heterocycles. The van der Waals surface area contributed by atoms with Gasteiger partial charge in [0.15, 0.2) is 0 Å². The van der Waals surface area contributed by atoms with Crippen LogP contribution in [0.2, 0.25) is 0 Å². The molecule has 2 N–H and O–H groups in total. The molecule has 3 rings (SSSR count). The van der Waals surface area contributed by atoms with Gasteiger partial charge in [0.1, 0.15) is 0 Å². The van der Waals surface area contributed by atoms with Gasteiger partial charge >= 0.3 is 6.18 Å². The van der Waals surface area contributed by atoms with E-state index < -0.39 is 17.9 Å². The average molecular weight is 298 g/mol. The van der Waals surface area contributed by atoms with Gasteiger partial charge < -0.3 is 5.73 Å². The van der Waals surface area contributed by atoms with Crippen molar-refractivity contribution in [2.45, 2.75) is 43.7 Å². The summed E-state index contributed by atoms with van der Waals surface area (Å²) in [6, 6.07) is 6.55. The molecule has 21 heavy (non-hydrogen) atoms. The maximum Gasteiger partial charge on any atom is 0.439 e. The molecule has 0 aliphatic carbocycles. The molecule has 1 saturated heterocycles. The van der Waals surface area contributed by atoms with Crippen molar-refractivity contribution in [3.63, 3.8) is 0 Å². The zero-order valence-corrected chi connectivity index (χ0v) is 11.5. The number of hydrogen-bond acceptors (Lipinski definition) is 4. The van der Waals surface area contributed by atoms with Crippen LogP contribution in [0.5, 0.6) is 0 Å². The third-order valence-corrected chi connectivity index (χ3v) is 4.15. The Morgan fingerprint density at radius 1 is 1.29 bits per heavy atom. The molecule has 7 heteroatoms. The Morgan fingerprint density at radius 3 is 2.67 bits per heavy atom. The van der Waals surface area contributed by atoms with Crippen molar-refractivity contribution in [3.8, 4) is 0 Å². The number of alkyl halides is 3. The lowest BCUT2D eigenvalue weighted by molar-refractivity contribution is -0.183. The van der Waals surface area contributed by atoms with Crippen molar-refractivity contribution >= 4 is 5.69 Å². The molecule has 1 aromatic carbocycles. The second kappa shape index (κ2) is 4.98. The SMILES string of the molecule is Nc1cccc(CN2CCCCC2C2(C(F)(F)F)N=N2)c1. The van der Waals surface area contributed by atoms with E-state index in [1.165, 1.54) is 0 Å². The summed E-state index contributed by atoms with van der Waals surface area (Å²) in [6.45, 7) is 1.07. The standard InChI is InChI=1S/C14H17F3N4/c15-14(16,17)13(19-20-13)12-6-1-2-7-21(12)9-10-4-3-5-11(18)8-10/h3-5,8,12H,1-2,6-7,9,18H2. The van der Waals surface area contributed by atoms with Gasteiger partial charge in [0.25, 0.3) is 5.66 Å². The second-order valence-corrected chi connectivity index (χ2v) is 5.65. The van der Waals surface area contributed by atoms with Crippen LogP contribution in [-0.2, 0) is 6.54 Å². The highest BCUT2D eigenvalue weighted by molar-refractivity contribution is 5.40. The smallest absolute Gasteiger partial charge is 0.399 e. The van der Waals surface area contributed by atoms with Crippen LogP contribution in [0.15, 0.2) is 34.5 Å². The van der Waals surface area contributed by atoms with Gasteiger partial charge in [-0.1, -0.05) is 18.6 Å². The molecule has 4 nitrogen and oxygen atoms in total. The molecule has 1 atom stereocenters. The zero-order valence-electron chi connectivity index (χ0n) is 11.5. The predicted octanol–water partition coefficient (Wildman–Crippen LogP) is 3.35. The Kier molecular flexibility index (Phi) is 3.39. The topological polar surface area (TPSA) is 54.0 Å². The fourth-order valence-electron chi connectivity index (χ4n) is 3.05. The minimum absolute atomic E-state index is 0.443. The van der Waals surface area contributed by atoms with Crippen LogP contribution in [0, 0.1) is 0 Å². The van der Waals surface area contributed by atoms with E-state index in [-0.39, 0.29) is 0 Å². The van der Waals surface area contributed by atoms with Gasteiger partial charge in [0.2, 0.25) is 0 Å². The number of rotatable bonds is 3. The number of nitrogens with two attached hydrogens (primary N) is 1. The Balaban J connectivity index is 1.79. The molecule has 0 bridgehead atoms. The first kappa shape index (κ1) is 14.3.